The first-order chi connectivity index (χ1) is 9.58. The maximum Gasteiger partial charge on any atom is 0.303 e. The van der Waals surface area contributed by atoms with Crippen molar-refractivity contribution in [3.05, 3.63) is 29.8 Å². The minimum Gasteiger partial charge on any atom is -0.484 e. The van der Waals surface area contributed by atoms with Gasteiger partial charge in [-0.1, -0.05) is 24.1 Å². The number of hydrogen-bond donors (Lipinski definition) is 2. The Hall–Kier alpha value is -2.04. The molecule has 0 saturated heterocycles. The molecule has 1 rings (SSSR count). The lowest BCUT2D eigenvalue weighted by Gasteiger charge is -2.07. The van der Waals surface area contributed by atoms with Crippen molar-refractivity contribution in [2.75, 3.05) is 13.2 Å². The number of ether oxygens (including phenoxy) is 1. The van der Waals surface area contributed by atoms with Crippen molar-refractivity contribution < 1.29 is 19.4 Å². The molecule has 0 aliphatic heterocycles. The second-order valence-corrected chi connectivity index (χ2v) is 4.66. The molecular formula is C15H21NO4. The highest BCUT2D eigenvalue weighted by molar-refractivity contribution is 5.77. The van der Waals surface area contributed by atoms with E-state index < -0.39 is 5.97 Å². The lowest BCUT2D eigenvalue weighted by molar-refractivity contribution is -0.137. The Morgan fingerprint density at radius 1 is 1.15 bits per heavy atom. The molecule has 0 atom stereocenters. The summed E-state index contributed by atoms with van der Waals surface area (Å²) < 4.78 is 5.34. The summed E-state index contributed by atoms with van der Waals surface area (Å²) in [6.07, 6.45) is 2.41. The minimum absolute atomic E-state index is 0.00180. The summed E-state index contributed by atoms with van der Waals surface area (Å²) >= 11 is 0. The Bertz CT molecular complexity index is 428. The van der Waals surface area contributed by atoms with Crippen LogP contribution in [0, 0.1) is 6.92 Å². The van der Waals surface area contributed by atoms with E-state index in [1.165, 1.54) is 0 Å². The molecule has 1 aromatic rings. The number of nitrogens with one attached hydrogen (secondary N) is 1. The number of aliphatic carboxylic acids is 1. The molecule has 0 heterocycles. The molecular weight excluding hydrogens is 258 g/mol. The van der Waals surface area contributed by atoms with Crippen LogP contribution in [0.2, 0.25) is 0 Å². The highest BCUT2D eigenvalue weighted by atomic mass is 16.5. The predicted octanol–water partition coefficient (Wildman–Crippen LogP) is 2.14. The molecule has 0 unspecified atom stereocenters. The Kier molecular flexibility index (Phi) is 7.17. The SMILES string of the molecule is Cc1ccc(OCC(=O)NCCCCCC(=O)O)cc1. The van der Waals surface area contributed by atoms with Gasteiger partial charge in [0.1, 0.15) is 5.75 Å². The van der Waals surface area contributed by atoms with Gasteiger partial charge in [-0.2, -0.15) is 0 Å². The summed E-state index contributed by atoms with van der Waals surface area (Å²) in [5.74, 6) is -0.267. The van der Waals surface area contributed by atoms with Gasteiger partial charge in [0, 0.05) is 13.0 Å². The van der Waals surface area contributed by atoms with Crippen LogP contribution in [0.4, 0.5) is 0 Å². The van der Waals surface area contributed by atoms with E-state index in [0.717, 1.165) is 18.4 Å². The Morgan fingerprint density at radius 2 is 1.85 bits per heavy atom. The highest BCUT2D eigenvalue weighted by Gasteiger charge is 2.02. The van der Waals surface area contributed by atoms with E-state index in [1.807, 2.05) is 31.2 Å². The van der Waals surface area contributed by atoms with Crippen LogP contribution >= 0.6 is 0 Å². The Labute approximate surface area is 118 Å². The standard InChI is InChI=1S/C15H21NO4/c1-12-6-8-13(9-7-12)20-11-14(17)16-10-4-2-3-5-15(18)19/h6-9H,2-5,10-11H2,1H3,(H,16,17)(H,18,19). The molecule has 0 aliphatic rings. The fraction of sp³-hybridized carbons (Fsp3) is 0.467. The van der Waals surface area contributed by atoms with Crippen molar-refractivity contribution >= 4 is 11.9 Å². The van der Waals surface area contributed by atoms with E-state index in [9.17, 15) is 9.59 Å². The Morgan fingerprint density at radius 3 is 2.50 bits per heavy atom. The zero-order chi connectivity index (χ0) is 14.8. The summed E-state index contributed by atoms with van der Waals surface area (Å²) in [7, 11) is 0. The molecule has 0 fully saturated rings. The second kappa shape index (κ2) is 8.96. The third kappa shape index (κ3) is 7.41. The number of carbonyl (C=O) groups is 2. The van der Waals surface area contributed by atoms with Gasteiger partial charge in [-0.05, 0) is 31.9 Å². The third-order valence-corrected chi connectivity index (χ3v) is 2.78. The molecule has 0 saturated carbocycles. The van der Waals surface area contributed by atoms with Gasteiger partial charge in [-0.25, -0.2) is 0 Å². The van der Waals surface area contributed by atoms with Crippen molar-refractivity contribution in [1.29, 1.82) is 0 Å². The molecule has 2 N–H and O–H groups in total. The maximum atomic E-state index is 11.5. The van der Waals surface area contributed by atoms with Gasteiger partial charge in [0.2, 0.25) is 0 Å². The zero-order valence-electron chi connectivity index (χ0n) is 11.7. The third-order valence-electron chi connectivity index (χ3n) is 2.78. The maximum absolute atomic E-state index is 11.5. The van der Waals surface area contributed by atoms with E-state index in [-0.39, 0.29) is 18.9 Å². The molecule has 5 heteroatoms. The van der Waals surface area contributed by atoms with Crippen LogP contribution in [-0.2, 0) is 9.59 Å². The van der Waals surface area contributed by atoms with Crippen molar-refractivity contribution in [3.8, 4) is 5.75 Å². The van der Waals surface area contributed by atoms with Gasteiger partial charge >= 0.3 is 5.97 Å². The van der Waals surface area contributed by atoms with Crippen LogP contribution in [-0.4, -0.2) is 30.1 Å². The molecule has 1 aromatic carbocycles. The van der Waals surface area contributed by atoms with Crippen LogP contribution < -0.4 is 10.1 Å². The quantitative estimate of drug-likeness (QED) is 0.679. The van der Waals surface area contributed by atoms with Gasteiger partial charge < -0.3 is 15.2 Å². The first kappa shape index (κ1) is 16.0. The topological polar surface area (TPSA) is 75.6 Å². The van der Waals surface area contributed by atoms with Crippen molar-refractivity contribution in [1.82, 2.24) is 5.32 Å². The number of benzene rings is 1. The molecule has 1 amide bonds. The van der Waals surface area contributed by atoms with Crippen LogP contribution in [0.25, 0.3) is 0 Å². The first-order valence-electron chi connectivity index (χ1n) is 6.76. The lowest BCUT2D eigenvalue weighted by atomic mass is 10.2. The lowest BCUT2D eigenvalue weighted by Crippen LogP contribution is -2.29. The van der Waals surface area contributed by atoms with Gasteiger partial charge in [0.25, 0.3) is 5.91 Å². The molecule has 20 heavy (non-hydrogen) atoms. The van der Waals surface area contributed by atoms with E-state index in [4.69, 9.17) is 9.84 Å². The van der Waals surface area contributed by atoms with E-state index in [1.54, 1.807) is 0 Å². The minimum atomic E-state index is -0.777. The number of amides is 1. The number of carbonyl (C=O) groups excluding carboxylic acids is 1. The molecule has 5 nitrogen and oxygen atoms in total. The highest BCUT2D eigenvalue weighted by Crippen LogP contribution is 2.10. The Balaban J connectivity index is 2.06. The normalized spacial score (nSPS) is 10.1. The zero-order valence-corrected chi connectivity index (χ0v) is 11.7. The number of carboxylic acid groups (broad SMARTS) is 1. The second-order valence-electron chi connectivity index (χ2n) is 4.66. The van der Waals surface area contributed by atoms with Crippen LogP contribution in [0.15, 0.2) is 24.3 Å². The number of aryl methyl sites for hydroxylation is 1. The summed E-state index contributed by atoms with van der Waals surface area (Å²) in [5.41, 5.74) is 1.14. The number of rotatable bonds is 9. The number of unbranched alkanes of at least 4 members (excludes halogenated alkanes) is 2. The summed E-state index contributed by atoms with van der Waals surface area (Å²) in [5, 5.41) is 11.2. The van der Waals surface area contributed by atoms with Crippen molar-refractivity contribution in [3.63, 3.8) is 0 Å². The van der Waals surface area contributed by atoms with E-state index in [2.05, 4.69) is 5.32 Å². The fourth-order valence-corrected chi connectivity index (χ4v) is 1.64. The van der Waals surface area contributed by atoms with E-state index in [0.29, 0.717) is 18.7 Å². The van der Waals surface area contributed by atoms with Crippen molar-refractivity contribution in [2.45, 2.75) is 32.6 Å². The molecule has 110 valence electrons. The van der Waals surface area contributed by atoms with Crippen LogP contribution in [0.1, 0.15) is 31.2 Å². The molecule has 0 aromatic heterocycles. The molecule has 0 radical (unpaired) electrons. The van der Waals surface area contributed by atoms with Crippen molar-refractivity contribution in [2.24, 2.45) is 0 Å². The summed E-state index contributed by atoms with van der Waals surface area (Å²) in [6, 6.07) is 7.51. The van der Waals surface area contributed by atoms with E-state index >= 15 is 0 Å². The average molecular weight is 279 g/mol. The van der Waals surface area contributed by atoms with Gasteiger partial charge in [-0.15, -0.1) is 0 Å². The fourth-order valence-electron chi connectivity index (χ4n) is 1.64. The average Bonchev–Trinajstić information content (AvgIpc) is 2.41. The van der Waals surface area contributed by atoms with Gasteiger partial charge in [0.15, 0.2) is 6.61 Å². The van der Waals surface area contributed by atoms with Gasteiger partial charge in [-0.3, -0.25) is 9.59 Å². The molecule has 0 bridgehead atoms. The predicted molar refractivity (Wildman–Crippen MR) is 75.8 cm³/mol. The summed E-state index contributed by atoms with van der Waals surface area (Å²) in [6.45, 7) is 2.54. The smallest absolute Gasteiger partial charge is 0.303 e. The molecule has 0 aliphatic carbocycles. The first-order valence-corrected chi connectivity index (χ1v) is 6.76. The summed E-state index contributed by atoms with van der Waals surface area (Å²) in [4.78, 5) is 21.8. The van der Waals surface area contributed by atoms with Gasteiger partial charge in [0.05, 0.1) is 0 Å². The van der Waals surface area contributed by atoms with Crippen LogP contribution in [0.3, 0.4) is 0 Å². The molecule has 0 spiro atoms. The number of hydrogen-bond acceptors (Lipinski definition) is 3. The number of carboxylic acids is 1. The monoisotopic (exact) mass is 279 g/mol. The van der Waals surface area contributed by atoms with Crippen LogP contribution in [0.5, 0.6) is 5.75 Å². The largest absolute Gasteiger partial charge is 0.484 e.